The summed E-state index contributed by atoms with van der Waals surface area (Å²) in [5, 5.41) is 4.45. The summed E-state index contributed by atoms with van der Waals surface area (Å²) in [6.45, 7) is 4.16. The van der Waals surface area contributed by atoms with Gasteiger partial charge >= 0.3 is 0 Å². The van der Waals surface area contributed by atoms with Crippen LogP contribution in [0.25, 0.3) is 22.5 Å². The molecule has 4 rings (SSSR count). The first-order valence-electron chi connectivity index (χ1n) is 7.85. The maximum Gasteiger partial charge on any atom is 0.198 e. The summed E-state index contributed by atoms with van der Waals surface area (Å²) in [5.41, 5.74) is 4.30. The topological polar surface area (TPSA) is 51.0 Å². The summed E-state index contributed by atoms with van der Waals surface area (Å²) in [4.78, 5) is 9.31. The highest BCUT2D eigenvalue weighted by molar-refractivity contribution is 5.92. The van der Waals surface area contributed by atoms with Crippen LogP contribution in [0.3, 0.4) is 0 Å². The smallest absolute Gasteiger partial charge is 0.198 e. The van der Waals surface area contributed by atoms with Gasteiger partial charge in [0.05, 0.1) is 11.8 Å². The van der Waals surface area contributed by atoms with Crippen molar-refractivity contribution < 1.29 is 4.42 Å². The van der Waals surface area contributed by atoms with Crippen molar-refractivity contribution in [1.29, 1.82) is 0 Å². The molecule has 2 aromatic carbocycles. The highest BCUT2D eigenvalue weighted by Gasteiger charge is 2.12. The third kappa shape index (κ3) is 2.63. The van der Waals surface area contributed by atoms with E-state index in [1.54, 1.807) is 6.26 Å². The van der Waals surface area contributed by atoms with Gasteiger partial charge in [0, 0.05) is 11.1 Å². The van der Waals surface area contributed by atoms with Crippen LogP contribution in [0.4, 0.5) is 11.5 Å². The van der Waals surface area contributed by atoms with Gasteiger partial charge in [-0.25, -0.2) is 9.97 Å². The number of furan rings is 1. The first-order chi connectivity index (χ1) is 11.7. The van der Waals surface area contributed by atoms with Gasteiger partial charge in [0.1, 0.15) is 5.82 Å². The third-order valence-corrected chi connectivity index (χ3v) is 3.99. The largest absolute Gasteiger partial charge is 0.461 e. The van der Waals surface area contributed by atoms with E-state index in [9.17, 15) is 0 Å². The van der Waals surface area contributed by atoms with Crippen molar-refractivity contribution in [2.24, 2.45) is 0 Å². The van der Waals surface area contributed by atoms with Gasteiger partial charge < -0.3 is 9.73 Å². The van der Waals surface area contributed by atoms with E-state index in [2.05, 4.69) is 42.3 Å². The Kier molecular flexibility index (Phi) is 3.50. The number of hydrogen-bond donors (Lipinski definition) is 1. The number of benzene rings is 2. The van der Waals surface area contributed by atoms with E-state index in [0.717, 1.165) is 22.4 Å². The quantitative estimate of drug-likeness (QED) is 0.561. The van der Waals surface area contributed by atoms with Crippen LogP contribution in [-0.2, 0) is 0 Å². The molecule has 2 aromatic heterocycles. The highest BCUT2D eigenvalue weighted by atomic mass is 16.3. The van der Waals surface area contributed by atoms with E-state index in [1.807, 2.05) is 36.4 Å². The molecule has 0 atom stereocenters. The van der Waals surface area contributed by atoms with E-state index in [1.165, 1.54) is 11.1 Å². The Morgan fingerprint density at radius 2 is 1.79 bits per heavy atom. The lowest BCUT2D eigenvalue weighted by Crippen LogP contribution is -2.00. The van der Waals surface area contributed by atoms with Crippen molar-refractivity contribution in [1.82, 2.24) is 9.97 Å². The first kappa shape index (κ1) is 14.5. The summed E-state index contributed by atoms with van der Waals surface area (Å²) < 4.78 is 5.46. The molecule has 0 saturated heterocycles. The molecule has 118 valence electrons. The molecule has 0 spiro atoms. The first-order valence-corrected chi connectivity index (χ1v) is 7.85. The molecule has 0 saturated carbocycles. The van der Waals surface area contributed by atoms with Gasteiger partial charge in [-0.1, -0.05) is 24.3 Å². The van der Waals surface area contributed by atoms with Crippen LogP contribution < -0.4 is 5.32 Å². The van der Waals surface area contributed by atoms with E-state index in [4.69, 9.17) is 9.40 Å². The average Bonchev–Trinajstić information content (AvgIpc) is 3.13. The monoisotopic (exact) mass is 315 g/mol. The van der Waals surface area contributed by atoms with E-state index >= 15 is 0 Å². The molecule has 0 unspecified atom stereocenters. The van der Waals surface area contributed by atoms with Crippen molar-refractivity contribution in [3.05, 3.63) is 72.0 Å². The van der Waals surface area contributed by atoms with Crippen molar-refractivity contribution in [2.45, 2.75) is 13.8 Å². The Bertz CT molecular complexity index is 1010. The van der Waals surface area contributed by atoms with E-state index < -0.39 is 0 Å². The fraction of sp³-hybridized carbons (Fsp3) is 0.100. The molecule has 0 aliphatic rings. The number of nitrogens with one attached hydrogen (secondary N) is 1. The SMILES string of the molecule is Cc1ccc(C)c(Nc2nc(-c3ccco3)nc3ccccc23)c1. The van der Waals surface area contributed by atoms with Crippen LogP contribution in [-0.4, -0.2) is 9.97 Å². The number of aryl methyl sites for hydroxylation is 2. The van der Waals surface area contributed by atoms with Crippen molar-refractivity contribution in [3.63, 3.8) is 0 Å². The normalized spacial score (nSPS) is 10.9. The van der Waals surface area contributed by atoms with Crippen LogP contribution in [0.5, 0.6) is 0 Å². The van der Waals surface area contributed by atoms with Crippen LogP contribution in [0.15, 0.2) is 65.3 Å². The van der Waals surface area contributed by atoms with Gasteiger partial charge in [0.2, 0.25) is 0 Å². The summed E-state index contributed by atoms with van der Waals surface area (Å²) in [5.74, 6) is 2.01. The van der Waals surface area contributed by atoms with Crippen LogP contribution >= 0.6 is 0 Å². The zero-order valence-corrected chi connectivity index (χ0v) is 13.6. The number of para-hydroxylation sites is 1. The Labute approximate surface area is 140 Å². The van der Waals surface area contributed by atoms with E-state index in [-0.39, 0.29) is 0 Å². The van der Waals surface area contributed by atoms with Gasteiger partial charge in [0.15, 0.2) is 11.6 Å². The molecule has 0 amide bonds. The molecule has 0 fully saturated rings. The molecule has 4 nitrogen and oxygen atoms in total. The molecule has 4 aromatic rings. The molecule has 4 heteroatoms. The minimum Gasteiger partial charge on any atom is -0.461 e. The second kappa shape index (κ2) is 5.81. The number of nitrogens with zero attached hydrogens (tertiary/aromatic N) is 2. The fourth-order valence-corrected chi connectivity index (χ4v) is 2.69. The predicted octanol–water partition coefficient (Wildman–Crippen LogP) is 5.25. The van der Waals surface area contributed by atoms with Gasteiger partial charge in [-0.15, -0.1) is 0 Å². The number of hydrogen-bond acceptors (Lipinski definition) is 4. The minimum absolute atomic E-state index is 0.575. The van der Waals surface area contributed by atoms with Crippen molar-refractivity contribution >= 4 is 22.4 Å². The van der Waals surface area contributed by atoms with Crippen LogP contribution in [0, 0.1) is 13.8 Å². The molecular weight excluding hydrogens is 298 g/mol. The molecule has 0 bridgehead atoms. The van der Waals surface area contributed by atoms with E-state index in [0.29, 0.717) is 11.6 Å². The summed E-state index contributed by atoms with van der Waals surface area (Å²) >= 11 is 0. The zero-order chi connectivity index (χ0) is 16.5. The third-order valence-electron chi connectivity index (χ3n) is 3.99. The lowest BCUT2D eigenvalue weighted by molar-refractivity contribution is 0.577. The molecule has 0 aliphatic carbocycles. The molecule has 2 heterocycles. The lowest BCUT2D eigenvalue weighted by Gasteiger charge is -2.13. The number of aromatic nitrogens is 2. The minimum atomic E-state index is 0.575. The maximum atomic E-state index is 5.46. The van der Waals surface area contributed by atoms with Gasteiger partial charge in [-0.05, 0) is 55.3 Å². The van der Waals surface area contributed by atoms with Crippen LogP contribution in [0.1, 0.15) is 11.1 Å². The van der Waals surface area contributed by atoms with Crippen molar-refractivity contribution in [3.8, 4) is 11.6 Å². The van der Waals surface area contributed by atoms with Crippen molar-refractivity contribution in [2.75, 3.05) is 5.32 Å². The summed E-state index contributed by atoms with van der Waals surface area (Å²) in [6.07, 6.45) is 1.63. The molecular formula is C20H17N3O. The Morgan fingerprint density at radius 1 is 0.917 bits per heavy atom. The lowest BCUT2D eigenvalue weighted by atomic mass is 10.1. The Morgan fingerprint density at radius 3 is 2.62 bits per heavy atom. The maximum absolute atomic E-state index is 5.46. The molecule has 24 heavy (non-hydrogen) atoms. The number of anilines is 2. The number of rotatable bonds is 3. The summed E-state index contributed by atoms with van der Waals surface area (Å²) in [7, 11) is 0. The van der Waals surface area contributed by atoms with Gasteiger partial charge in [-0.3, -0.25) is 0 Å². The van der Waals surface area contributed by atoms with Gasteiger partial charge in [-0.2, -0.15) is 0 Å². The second-order valence-electron chi connectivity index (χ2n) is 5.83. The zero-order valence-electron chi connectivity index (χ0n) is 13.6. The fourth-order valence-electron chi connectivity index (χ4n) is 2.69. The molecule has 0 radical (unpaired) electrons. The Balaban J connectivity index is 1.88. The molecule has 1 N–H and O–H groups in total. The average molecular weight is 315 g/mol. The van der Waals surface area contributed by atoms with Crippen LogP contribution in [0.2, 0.25) is 0 Å². The molecule has 0 aliphatic heterocycles. The Hall–Kier alpha value is -3.14. The number of fused-ring (bicyclic) bond motifs is 1. The second-order valence-corrected chi connectivity index (χ2v) is 5.83. The van der Waals surface area contributed by atoms with Gasteiger partial charge in [0.25, 0.3) is 0 Å². The standard InChI is InChI=1S/C20H17N3O/c1-13-9-10-14(2)17(12-13)22-19-15-6-3-4-7-16(15)21-20(23-19)18-8-5-11-24-18/h3-12H,1-2H3,(H,21,22,23). The highest BCUT2D eigenvalue weighted by Crippen LogP contribution is 2.28. The summed E-state index contributed by atoms with van der Waals surface area (Å²) in [6, 6.07) is 18.0. The predicted molar refractivity (Wildman–Crippen MR) is 96.4 cm³/mol.